The molecule has 1 amide bonds. The average Bonchev–Trinajstić information content (AvgIpc) is 2.79. The predicted octanol–water partition coefficient (Wildman–Crippen LogP) is 1.85. The van der Waals surface area contributed by atoms with Gasteiger partial charge in [0.05, 0.1) is 13.1 Å². The second kappa shape index (κ2) is 4.53. The van der Waals surface area contributed by atoms with Crippen molar-refractivity contribution < 1.29 is 24.1 Å². The smallest absolute Gasteiger partial charge is 0.410 e. The van der Waals surface area contributed by atoms with Crippen LogP contribution in [0.1, 0.15) is 26.3 Å². The number of aliphatic hydroxyl groups is 1. The molecule has 2 aliphatic rings. The van der Waals surface area contributed by atoms with Gasteiger partial charge >= 0.3 is 6.09 Å². The first-order valence-corrected chi connectivity index (χ1v) is 6.87. The highest BCUT2D eigenvalue weighted by atomic mass is 16.7. The molecule has 6 heteroatoms. The topological polar surface area (TPSA) is 68.2 Å². The Hall–Kier alpha value is -1.95. The van der Waals surface area contributed by atoms with E-state index in [0.717, 1.165) is 0 Å². The standard InChI is InChI=1S/C15H19NO5/c1-14(2,3)21-13(17)16-7-15(18,8-16)10-4-5-11-12(6-10)20-9-19-11/h4-6,18H,7-9H2,1-3H3. The van der Waals surface area contributed by atoms with Crippen molar-refractivity contribution in [2.75, 3.05) is 19.9 Å². The summed E-state index contributed by atoms with van der Waals surface area (Å²) in [4.78, 5) is 13.4. The molecule has 0 radical (unpaired) electrons. The zero-order valence-corrected chi connectivity index (χ0v) is 12.4. The third kappa shape index (κ3) is 2.63. The molecule has 0 unspecified atom stereocenters. The van der Waals surface area contributed by atoms with Gasteiger partial charge in [-0.05, 0) is 38.5 Å². The summed E-state index contributed by atoms with van der Waals surface area (Å²) >= 11 is 0. The molecular weight excluding hydrogens is 274 g/mol. The molecule has 0 spiro atoms. The Labute approximate surface area is 123 Å². The van der Waals surface area contributed by atoms with E-state index in [0.29, 0.717) is 17.1 Å². The molecule has 3 rings (SSSR count). The third-order valence-electron chi connectivity index (χ3n) is 3.47. The lowest BCUT2D eigenvalue weighted by molar-refractivity contribution is -0.103. The molecule has 1 aromatic carbocycles. The van der Waals surface area contributed by atoms with Gasteiger partial charge in [-0.15, -0.1) is 0 Å². The molecule has 21 heavy (non-hydrogen) atoms. The number of β-amino-alcohol motifs (C(OH)–C–C–N with tert-alkyl or cyclic N) is 1. The van der Waals surface area contributed by atoms with E-state index in [1.165, 1.54) is 4.90 Å². The predicted molar refractivity (Wildman–Crippen MR) is 74.3 cm³/mol. The number of benzene rings is 1. The molecule has 0 atom stereocenters. The highest BCUT2D eigenvalue weighted by Crippen LogP contribution is 2.39. The Balaban J connectivity index is 1.67. The van der Waals surface area contributed by atoms with E-state index in [4.69, 9.17) is 14.2 Å². The van der Waals surface area contributed by atoms with E-state index in [1.807, 2.05) is 20.8 Å². The first-order chi connectivity index (χ1) is 9.77. The zero-order valence-electron chi connectivity index (χ0n) is 12.4. The molecule has 0 saturated carbocycles. The minimum absolute atomic E-state index is 0.196. The fourth-order valence-corrected chi connectivity index (χ4v) is 2.41. The van der Waals surface area contributed by atoms with Crippen molar-refractivity contribution in [3.8, 4) is 11.5 Å². The van der Waals surface area contributed by atoms with Crippen LogP contribution in [0.5, 0.6) is 11.5 Å². The number of carbonyl (C=O) groups excluding carboxylic acids is 1. The number of carbonyl (C=O) groups is 1. The summed E-state index contributed by atoms with van der Waals surface area (Å²) in [5, 5.41) is 10.6. The van der Waals surface area contributed by atoms with Crippen LogP contribution in [-0.2, 0) is 10.3 Å². The van der Waals surface area contributed by atoms with Crippen LogP contribution in [-0.4, -0.2) is 41.6 Å². The largest absolute Gasteiger partial charge is 0.454 e. The van der Waals surface area contributed by atoms with Crippen molar-refractivity contribution in [1.82, 2.24) is 4.90 Å². The summed E-state index contributed by atoms with van der Waals surface area (Å²) in [6.45, 7) is 6.06. The van der Waals surface area contributed by atoms with Crippen LogP contribution in [0.25, 0.3) is 0 Å². The first kappa shape index (κ1) is 14.0. The Bertz CT molecular complexity index is 572. The molecule has 0 bridgehead atoms. The van der Waals surface area contributed by atoms with Crippen LogP contribution in [0.3, 0.4) is 0 Å². The van der Waals surface area contributed by atoms with Crippen LogP contribution in [0, 0.1) is 0 Å². The minimum Gasteiger partial charge on any atom is -0.454 e. The number of hydrogen-bond acceptors (Lipinski definition) is 5. The molecule has 0 aliphatic carbocycles. The quantitative estimate of drug-likeness (QED) is 0.856. The second-order valence-electron chi connectivity index (χ2n) is 6.44. The van der Waals surface area contributed by atoms with E-state index in [9.17, 15) is 9.90 Å². The highest BCUT2D eigenvalue weighted by molar-refractivity contribution is 5.70. The van der Waals surface area contributed by atoms with Gasteiger partial charge in [-0.1, -0.05) is 6.07 Å². The maximum atomic E-state index is 11.9. The van der Waals surface area contributed by atoms with Crippen molar-refractivity contribution in [1.29, 1.82) is 0 Å². The highest BCUT2D eigenvalue weighted by Gasteiger charge is 2.46. The number of rotatable bonds is 1. The Morgan fingerprint density at radius 3 is 2.62 bits per heavy atom. The van der Waals surface area contributed by atoms with Gasteiger partial charge in [-0.3, -0.25) is 0 Å². The first-order valence-electron chi connectivity index (χ1n) is 6.87. The Morgan fingerprint density at radius 1 is 1.29 bits per heavy atom. The second-order valence-corrected chi connectivity index (χ2v) is 6.44. The molecular formula is C15H19NO5. The maximum Gasteiger partial charge on any atom is 0.410 e. The molecule has 1 fully saturated rings. The van der Waals surface area contributed by atoms with E-state index in [-0.39, 0.29) is 19.9 Å². The lowest BCUT2D eigenvalue weighted by atomic mass is 9.86. The third-order valence-corrected chi connectivity index (χ3v) is 3.47. The van der Waals surface area contributed by atoms with E-state index >= 15 is 0 Å². The molecule has 2 heterocycles. The zero-order chi connectivity index (χ0) is 15.3. The maximum absolute atomic E-state index is 11.9. The molecule has 1 saturated heterocycles. The van der Waals surface area contributed by atoms with Gasteiger partial charge in [0, 0.05) is 0 Å². The number of hydrogen-bond donors (Lipinski definition) is 1. The minimum atomic E-state index is -1.06. The summed E-state index contributed by atoms with van der Waals surface area (Å²) in [6, 6.07) is 5.32. The number of ether oxygens (including phenoxy) is 3. The molecule has 2 aliphatic heterocycles. The fraction of sp³-hybridized carbons (Fsp3) is 0.533. The molecule has 1 N–H and O–H groups in total. The van der Waals surface area contributed by atoms with Gasteiger partial charge in [-0.25, -0.2) is 4.79 Å². The molecule has 0 aromatic heterocycles. The lowest BCUT2D eigenvalue weighted by Gasteiger charge is -2.46. The van der Waals surface area contributed by atoms with Crippen LogP contribution in [0.15, 0.2) is 18.2 Å². The van der Waals surface area contributed by atoms with Gasteiger partial charge < -0.3 is 24.2 Å². The molecule has 1 aromatic rings. The number of nitrogens with zero attached hydrogens (tertiary/aromatic N) is 1. The van der Waals surface area contributed by atoms with E-state index < -0.39 is 17.3 Å². The summed E-state index contributed by atoms with van der Waals surface area (Å²) < 4.78 is 15.8. The van der Waals surface area contributed by atoms with Gasteiger partial charge in [0.1, 0.15) is 11.2 Å². The lowest BCUT2D eigenvalue weighted by Crippen LogP contribution is -2.61. The summed E-state index contributed by atoms with van der Waals surface area (Å²) in [5.74, 6) is 1.29. The van der Waals surface area contributed by atoms with Crippen LogP contribution in [0.2, 0.25) is 0 Å². The summed E-state index contributed by atoms with van der Waals surface area (Å²) in [7, 11) is 0. The van der Waals surface area contributed by atoms with Crippen molar-refractivity contribution >= 4 is 6.09 Å². The van der Waals surface area contributed by atoms with Gasteiger partial charge in [0.2, 0.25) is 6.79 Å². The van der Waals surface area contributed by atoms with Gasteiger partial charge in [0.25, 0.3) is 0 Å². The van der Waals surface area contributed by atoms with Gasteiger partial charge in [-0.2, -0.15) is 0 Å². The SMILES string of the molecule is CC(C)(C)OC(=O)N1CC(O)(c2ccc3c(c2)OCO3)C1. The normalized spacial score (nSPS) is 19.1. The molecule has 6 nitrogen and oxygen atoms in total. The molecule has 114 valence electrons. The van der Waals surface area contributed by atoms with Crippen LogP contribution < -0.4 is 9.47 Å². The van der Waals surface area contributed by atoms with Gasteiger partial charge in [0.15, 0.2) is 11.5 Å². The Morgan fingerprint density at radius 2 is 1.95 bits per heavy atom. The van der Waals surface area contributed by atoms with E-state index in [2.05, 4.69) is 0 Å². The summed E-state index contributed by atoms with van der Waals surface area (Å²) in [6.07, 6.45) is -0.409. The van der Waals surface area contributed by atoms with Crippen molar-refractivity contribution in [3.63, 3.8) is 0 Å². The van der Waals surface area contributed by atoms with Crippen LogP contribution >= 0.6 is 0 Å². The number of likely N-dealkylation sites (tertiary alicyclic amines) is 1. The fourth-order valence-electron chi connectivity index (χ4n) is 2.41. The van der Waals surface area contributed by atoms with Crippen molar-refractivity contribution in [2.45, 2.75) is 32.0 Å². The van der Waals surface area contributed by atoms with Crippen molar-refractivity contribution in [3.05, 3.63) is 23.8 Å². The summed E-state index contributed by atoms with van der Waals surface area (Å²) in [5.41, 5.74) is -0.881. The average molecular weight is 293 g/mol. The van der Waals surface area contributed by atoms with Crippen molar-refractivity contribution in [2.24, 2.45) is 0 Å². The van der Waals surface area contributed by atoms with E-state index in [1.54, 1.807) is 18.2 Å². The monoisotopic (exact) mass is 293 g/mol. The number of amides is 1. The van der Waals surface area contributed by atoms with Crippen LogP contribution in [0.4, 0.5) is 4.79 Å². The Kier molecular flexibility index (Phi) is 3.02. The number of fused-ring (bicyclic) bond motifs is 1.